The fraction of sp³-hybridized carbons (Fsp3) is 0.417. The molecule has 0 spiro atoms. The molecule has 98 valence electrons. The minimum absolute atomic E-state index is 0.0928. The zero-order valence-electron chi connectivity index (χ0n) is 10.4. The van der Waals surface area contributed by atoms with Gasteiger partial charge in [-0.3, -0.25) is 14.9 Å². The summed E-state index contributed by atoms with van der Waals surface area (Å²) in [7, 11) is 1.70. The molecule has 1 amide bonds. The molecule has 1 rings (SSSR count). The molecule has 0 heterocycles. The number of nitrogens with zero attached hydrogens (tertiary/aromatic N) is 2. The number of nitro groups is 1. The molecule has 0 aliphatic carbocycles. The van der Waals surface area contributed by atoms with Crippen LogP contribution >= 0.6 is 15.9 Å². The molecule has 0 aliphatic rings. The van der Waals surface area contributed by atoms with E-state index in [0.29, 0.717) is 12.1 Å². The second kappa shape index (κ2) is 6.49. The molecule has 18 heavy (non-hydrogen) atoms. The maximum absolute atomic E-state index is 12.1. The van der Waals surface area contributed by atoms with Crippen molar-refractivity contribution in [1.29, 1.82) is 0 Å². The monoisotopic (exact) mass is 314 g/mol. The Morgan fingerprint density at radius 2 is 2.17 bits per heavy atom. The largest absolute Gasteiger partial charge is 0.342 e. The summed E-state index contributed by atoms with van der Waals surface area (Å²) in [6.45, 7) is 2.69. The zero-order chi connectivity index (χ0) is 13.7. The molecule has 0 saturated heterocycles. The Labute approximate surface area is 114 Å². The van der Waals surface area contributed by atoms with Gasteiger partial charge in [0.2, 0.25) is 0 Å². The van der Waals surface area contributed by atoms with Gasteiger partial charge in [0, 0.05) is 19.7 Å². The highest BCUT2D eigenvalue weighted by Gasteiger charge is 2.21. The van der Waals surface area contributed by atoms with Crippen molar-refractivity contribution in [2.24, 2.45) is 0 Å². The van der Waals surface area contributed by atoms with Crippen LogP contribution in [0.2, 0.25) is 0 Å². The number of rotatable bonds is 5. The lowest BCUT2D eigenvalue weighted by Crippen LogP contribution is -2.28. The normalized spacial score (nSPS) is 10.2. The number of halogens is 1. The molecule has 0 unspecified atom stereocenters. The summed E-state index contributed by atoms with van der Waals surface area (Å²) < 4.78 is 0.239. The van der Waals surface area contributed by atoms with Crippen molar-refractivity contribution < 1.29 is 9.72 Å². The lowest BCUT2D eigenvalue weighted by atomic mass is 10.1. The number of carbonyl (C=O) groups is 1. The molecule has 0 bridgehead atoms. The minimum Gasteiger partial charge on any atom is -0.342 e. The molecular weight excluding hydrogens is 300 g/mol. The first-order valence-electron chi connectivity index (χ1n) is 5.67. The van der Waals surface area contributed by atoms with E-state index in [1.54, 1.807) is 18.0 Å². The lowest BCUT2D eigenvalue weighted by Gasteiger charge is -2.17. The summed E-state index contributed by atoms with van der Waals surface area (Å²) in [4.78, 5) is 24.0. The highest BCUT2D eigenvalue weighted by atomic mass is 79.9. The van der Waals surface area contributed by atoms with E-state index >= 15 is 0 Å². The number of hydrogen-bond acceptors (Lipinski definition) is 3. The zero-order valence-corrected chi connectivity index (χ0v) is 11.9. The summed E-state index contributed by atoms with van der Waals surface area (Å²) in [5.74, 6) is -0.209. The van der Waals surface area contributed by atoms with E-state index in [2.05, 4.69) is 15.9 Å². The van der Waals surface area contributed by atoms with Gasteiger partial charge in [-0.05, 0) is 28.4 Å². The number of nitro benzene ring substituents is 1. The van der Waals surface area contributed by atoms with Crippen LogP contribution in [0.25, 0.3) is 0 Å². The van der Waals surface area contributed by atoms with E-state index in [-0.39, 0.29) is 16.1 Å². The van der Waals surface area contributed by atoms with Gasteiger partial charge in [-0.15, -0.1) is 0 Å². The Morgan fingerprint density at radius 1 is 1.50 bits per heavy atom. The van der Waals surface area contributed by atoms with E-state index in [1.165, 1.54) is 12.1 Å². The summed E-state index contributed by atoms with van der Waals surface area (Å²) in [5.41, 5.74) is 0.229. The van der Waals surface area contributed by atoms with E-state index in [9.17, 15) is 14.9 Å². The van der Waals surface area contributed by atoms with Crippen molar-refractivity contribution in [3.63, 3.8) is 0 Å². The standard InChI is InChI=1S/C12H15BrN2O3/c1-3-4-8-14(2)12(16)9-6-5-7-10(11(9)13)15(17)18/h5-7H,3-4,8H2,1-2H3. The van der Waals surface area contributed by atoms with Crippen LogP contribution < -0.4 is 0 Å². The Kier molecular flexibility index (Phi) is 5.27. The van der Waals surface area contributed by atoms with Gasteiger partial charge in [0.1, 0.15) is 4.47 Å². The SMILES string of the molecule is CCCCN(C)C(=O)c1cccc([N+](=O)[O-])c1Br. The topological polar surface area (TPSA) is 63.5 Å². The van der Waals surface area contributed by atoms with E-state index < -0.39 is 4.92 Å². The molecule has 6 heteroatoms. The van der Waals surface area contributed by atoms with Crippen LogP contribution in [0.4, 0.5) is 5.69 Å². The van der Waals surface area contributed by atoms with Crippen LogP contribution in [0.1, 0.15) is 30.1 Å². The van der Waals surface area contributed by atoms with Gasteiger partial charge in [-0.2, -0.15) is 0 Å². The van der Waals surface area contributed by atoms with Crippen molar-refractivity contribution in [3.05, 3.63) is 38.3 Å². The van der Waals surface area contributed by atoms with Crippen LogP contribution in [0.3, 0.4) is 0 Å². The maximum atomic E-state index is 12.1. The number of amides is 1. The van der Waals surface area contributed by atoms with E-state index in [0.717, 1.165) is 12.8 Å². The van der Waals surface area contributed by atoms with Crippen LogP contribution in [-0.2, 0) is 0 Å². The molecule has 0 N–H and O–H groups in total. The van der Waals surface area contributed by atoms with Crippen molar-refractivity contribution >= 4 is 27.5 Å². The molecule has 1 aromatic rings. The molecule has 0 atom stereocenters. The summed E-state index contributed by atoms with van der Waals surface area (Å²) in [5, 5.41) is 10.8. The lowest BCUT2D eigenvalue weighted by molar-refractivity contribution is -0.385. The number of unbranched alkanes of at least 4 members (excludes halogenated alkanes) is 1. The Hall–Kier alpha value is -1.43. The van der Waals surface area contributed by atoms with Gasteiger partial charge in [-0.1, -0.05) is 19.4 Å². The van der Waals surface area contributed by atoms with E-state index in [1.807, 2.05) is 6.92 Å². The molecule has 0 saturated carbocycles. The fourth-order valence-corrected chi connectivity index (χ4v) is 2.11. The highest BCUT2D eigenvalue weighted by molar-refractivity contribution is 9.10. The van der Waals surface area contributed by atoms with E-state index in [4.69, 9.17) is 0 Å². The van der Waals surface area contributed by atoms with Gasteiger partial charge in [0.25, 0.3) is 11.6 Å². The Balaban J connectivity index is 2.99. The van der Waals surface area contributed by atoms with Gasteiger partial charge < -0.3 is 4.90 Å². The predicted octanol–water partition coefficient (Wildman–Crippen LogP) is 3.23. The van der Waals surface area contributed by atoms with Crippen molar-refractivity contribution in [2.75, 3.05) is 13.6 Å². The second-order valence-corrected chi connectivity index (χ2v) is 4.77. The quantitative estimate of drug-likeness (QED) is 0.619. The average Bonchev–Trinajstić information content (AvgIpc) is 2.35. The molecule has 0 fully saturated rings. The molecule has 1 aromatic carbocycles. The minimum atomic E-state index is -0.507. The summed E-state index contributed by atoms with van der Waals surface area (Å²) in [6.07, 6.45) is 1.91. The van der Waals surface area contributed by atoms with Crippen LogP contribution in [0.5, 0.6) is 0 Å². The third-order valence-electron chi connectivity index (χ3n) is 2.60. The first-order valence-corrected chi connectivity index (χ1v) is 6.46. The molecular formula is C12H15BrN2O3. The predicted molar refractivity (Wildman–Crippen MR) is 72.7 cm³/mol. The number of carbonyl (C=O) groups excluding carboxylic acids is 1. The maximum Gasteiger partial charge on any atom is 0.284 e. The van der Waals surface area contributed by atoms with Gasteiger partial charge >= 0.3 is 0 Å². The number of benzene rings is 1. The van der Waals surface area contributed by atoms with Gasteiger partial charge in [-0.25, -0.2) is 0 Å². The second-order valence-electron chi connectivity index (χ2n) is 3.98. The summed E-state index contributed by atoms with van der Waals surface area (Å²) in [6, 6.07) is 4.47. The average molecular weight is 315 g/mol. The first kappa shape index (κ1) is 14.6. The highest BCUT2D eigenvalue weighted by Crippen LogP contribution is 2.28. The molecule has 0 aromatic heterocycles. The van der Waals surface area contributed by atoms with Crippen molar-refractivity contribution in [2.45, 2.75) is 19.8 Å². The van der Waals surface area contributed by atoms with Crippen LogP contribution in [0.15, 0.2) is 22.7 Å². The molecule has 0 radical (unpaired) electrons. The molecule has 0 aliphatic heterocycles. The Bertz CT molecular complexity index is 463. The molecule has 5 nitrogen and oxygen atoms in total. The smallest absolute Gasteiger partial charge is 0.284 e. The van der Waals surface area contributed by atoms with Gasteiger partial charge in [0.15, 0.2) is 0 Å². The van der Waals surface area contributed by atoms with Crippen LogP contribution in [-0.4, -0.2) is 29.3 Å². The third-order valence-corrected chi connectivity index (χ3v) is 3.43. The van der Waals surface area contributed by atoms with Crippen molar-refractivity contribution in [3.8, 4) is 0 Å². The van der Waals surface area contributed by atoms with Gasteiger partial charge in [0.05, 0.1) is 10.5 Å². The fourth-order valence-electron chi connectivity index (χ4n) is 1.53. The first-order chi connectivity index (χ1) is 8.49. The third kappa shape index (κ3) is 3.29. The summed E-state index contributed by atoms with van der Waals surface area (Å²) >= 11 is 3.13. The van der Waals surface area contributed by atoms with Crippen LogP contribution in [0, 0.1) is 10.1 Å². The Morgan fingerprint density at radius 3 is 2.72 bits per heavy atom. The van der Waals surface area contributed by atoms with Crippen molar-refractivity contribution in [1.82, 2.24) is 4.90 Å². The number of hydrogen-bond donors (Lipinski definition) is 0.